The van der Waals surface area contributed by atoms with E-state index in [4.69, 9.17) is 4.74 Å². The molecule has 0 amide bonds. The Labute approximate surface area is 108 Å². The average Bonchev–Trinajstić information content (AvgIpc) is 2.82. The smallest absolute Gasteiger partial charge is 0.164 e. The van der Waals surface area contributed by atoms with E-state index in [1.807, 2.05) is 0 Å². The van der Waals surface area contributed by atoms with Crippen LogP contribution in [0, 0.1) is 5.82 Å². The van der Waals surface area contributed by atoms with Crippen molar-refractivity contribution in [3.63, 3.8) is 0 Å². The monoisotopic (exact) mass is 303 g/mol. The molecule has 1 atom stereocenters. The molecule has 17 heavy (non-hydrogen) atoms. The van der Waals surface area contributed by atoms with E-state index in [1.54, 1.807) is 0 Å². The predicted octanol–water partition coefficient (Wildman–Crippen LogP) is 2.60. The summed E-state index contributed by atoms with van der Waals surface area (Å²) < 4.78 is 19.3. The van der Waals surface area contributed by atoms with Crippen LogP contribution < -0.4 is 10.1 Å². The topological polar surface area (TPSA) is 41.5 Å². The molecule has 1 aliphatic rings. The summed E-state index contributed by atoms with van der Waals surface area (Å²) in [5.74, 6) is -0.204. The van der Waals surface area contributed by atoms with Crippen molar-refractivity contribution in [1.29, 1.82) is 0 Å². The van der Waals surface area contributed by atoms with Crippen LogP contribution in [0.25, 0.3) is 0 Å². The summed E-state index contributed by atoms with van der Waals surface area (Å²) in [5, 5.41) is 13.2. The number of halogens is 2. The maximum atomic E-state index is 13.9. The maximum Gasteiger partial charge on any atom is 0.164 e. The Morgan fingerprint density at radius 2 is 2.41 bits per heavy atom. The Hall–Kier alpha value is -0.810. The molecule has 1 fully saturated rings. The molecule has 1 aliphatic heterocycles. The number of nitrogens with one attached hydrogen (secondary N) is 1. The van der Waals surface area contributed by atoms with Gasteiger partial charge in [-0.2, -0.15) is 0 Å². The van der Waals surface area contributed by atoms with E-state index in [2.05, 4.69) is 21.2 Å². The molecule has 0 radical (unpaired) electrons. The highest BCUT2D eigenvalue weighted by Crippen LogP contribution is 2.37. The van der Waals surface area contributed by atoms with Crippen molar-refractivity contribution in [1.82, 2.24) is 5.32 Å². The fourth-order valence-corrected chi connectivity index (χ4v) is 2.61. The zero-order chi connectivity index (χ0) is 12.4. The molecule has 1 aromatic rings. The second kappa shape index (κ2) is 5.23. The third kappa shape index (κ3) is 2.55. The van der Waals surface area contributed by atoms with Crippen LogP contribution in [0.3, 0.4) is 0 Å². The summed E-state index contributed by atoms with van der Waals surface area (Å²) in [7, 11) is 1.46. The van der Waals surface area contributed by atoms with Crippen LogP contribution in [0.5, 0.6) is 11.5 Å². The number of hydrogen-bond acceptors (Lipinski definition) is 3. The molecule has 2 N–H and O–H groups in total. The quantitative estimate of drug-likeness (QED) is 0.902. The van der Waals surface area contributed by atoms with Gasteiger partial charge in [-0.15, -0.1) is 0 Å². The fourth-order valence-electron chi connectivity index (χ4n) is 2.16. The molecule has 1 unspecified atom stereocenters. The van der Waals surface area contributed by atoms with Crippen LogP contribution in [0.2, 0.25) is 0 Å². The fraction of sp³-hybridized carbons (Fsp3) is 0.500. The lowest BCUT2D eigenvalue weighted by Crippen LogP contribution is -2.24. The first kappa shape index (κ1) is 12.6. The van der Waals surface area contributed by atoms with Crippen molar-refractivity contribution in [2.45, 2.75) is 25.3 Å². The van der Waals surface area contributed by atoms with Crippen molar-refractivity contribution in [2.24, 2.45) is 0 Å². The largest absolute Gasteiger partial charge is 0.504 e. The minimum atomic E-state index is -0.406. The van der Waals surface area contributed by atoms with Crippen LogP contribution in [-0.4, -0.2) is 24.8 Å². The van der Waals surface area contributed by atoms with Gasteiger partial charge in [-0.3, -0.25) is 0 Å². The van der Waals surface area contributed by atoms with E-state index >= 15 is 0 Å². The molecule has 5 heteroatoms. The summed E-state index contributed by atoms with van der Waals surface area (Å²) in [6.07, 6.45) is 2.58. The molecule has 2 rings (SSSR count). The number of phenols is 1. The lowest BCUT2D eigenvalue weighted by molar-refractivity contribution is 0.364. The van der Waals surface area contributed by atoms with E-state index in [0.717, 1.165) is 19.4 Å². The molecular weight excluding hydrogens is 289 g/mol. The van der Waals surface area contributed by atoms with Gasteiger partial charge in [0.2, 0.25) is 0 Å². The summed E-state index contributed by atoms with van der Waals surface area (Å²) >= 11 is 3.13. The van der Waals surface area contributed by atoms with Gasteiger partial charge in [-0.25, -0.2) is 4.39 Å². The zero-order valence-electron chi connectivity index (χ0n) is 9.59. The van der Waals surface area contributed by atoms with Crippen molar-refractivity contribution in [3.8, 4) is 11.5 Å². The van der Waals surface area contributed by atoms with Crippen LogP contribution in [0.1, 0.15) is 18.4 Å². The standard InChI is InChI=1S/C12H15BrFNO2/c1-17-10-6-9(13)11(14)8(12(10)16)5-7-3-2-4-15-7/h6-7,15-16H,2-5H2,1H3. The van der Waals surface area contributed by atoms with E-state index < -0.39 is 5.82 Å². The molecule has 0 spiro atoms. The maximum absolute atomic E-state index is 13.9. The van der Waals surface area contributed by atoms with Crippen molar-refractivity contribution < 1.29 is 14.2 Å². The summed E-state index contributed by atoms with van der Waals surface area (Å²) in [6.45, 7) is 0.957. The van der Waals surface area contributed by atoms with E-state index in [-0.39, 0.29) is 11.8 Å². The van der Waals surface area contributed by atoms with Crippen LogP contribution in [-0.2, 0) is 6.42 Å². The number of benzene rings is 1. The second-order valence-corrected chi connectivity index (χ2v) is 5.05. The Bertz CT molecular complexity index is 419. The highest BCUT2D eigenvalue weighted by atomic mass is 79.9. The van der Waals surface area contributed by atoms with Crippen molar-refractivity contribution in [2.75, 3.05) is 13.7 Å². The van der Waals surface area contributed by atoms with Gasteiger partial charge in [-0.1, -0.05) is 0 Å². The van der Waals surface area contributed by atoms with E-state index in [1.165, 1.54) is 13.2 Å². The first-order valence-electron chi connectivity index (χ1n) is 5.60. The molecule has 0 aliphatic carbocycles. The first-order chi connectivity index (χ1) is 8.13. The van der Waals surface area contributed by atoms with Crippen molar-refractivity contribution in [3.05, 3.63) is 21.9 Å². The zero-order valence-corrected chi connectivity index (χ0v) is 11.2. The number of methoxy groups -OCH3 is 1. The highest BCUT2D eigenvalue weighted by molar-refractivity contribution is 9.10. The Kier molecular flexibility index (Phi) is 3.89. The molecule has 1 saturated heterocycles. The number of hydrogen-bond donors (Lipinski definition) is 2. The highest BCUT2D eigenvalue weighted by Gasteiger charge is 2.22. The Balaban J connectivity index is 2.33. The second-order valence-electron chi connectivity index (χ2n) is 4.20. The summed E-state index contributed by atoms with van der Waals surface area (Å²) in [4.78, 5) is 0. The minimum Gasteiger partial charge on any atom is -0.504 e. The van der Waals surface area contributed by atoms with Gasteiger partial charge < -0.3 is 15.2 Å². The van der Waals surface area contributed by atoms with Crippen LogP contribution in [0.4, 0.5) is 4.39 Å². The number of phenolic OH excluding ortho intramolecular Hbond substituents is 1. The number of ether oxygens (including phenoxy) is 1. The molecule has 94 valence electrons. The Morgan fingerprint density at radius 1 is 1.65 bits per heavy atom. The summed E-state index contributed by atoms with van der Waals surface area (Å²) in [5.41, 5.74) is 0.315. The molecule has 0 aromatic heterocycles. The van der Waals surface area contributed by atoms with Gasteiger partial charge in [0.25, 0.3) is 0 Å². The molecular formula is C12H15BrFNO2. The molecule has 0 bridgehead atoms. The van der Waals surface area contributed by atoms with Gasteiger partial charge in [0.15, 0.2) is 11.5 Å². The third-order valence-corrected chi connectivity index (χ3v) is 3.66. The van der Waals surface area contributed by atoms with Gasteiger partial charge in [0, 0.05) is 17.7 Å². The predicted molar refractivity (Wildman–Crippen MR) is 67.0 cm³/mol. The first-order valence-corrected chi connectivity index (χ1v) is 6.40. The minimum absolute atomic E-state index is 0.0955. The molecule has 0 saturated carbocycles. The molecule has 3 nitrogen and oxygen atoms in total. The lowest BCUT2D eigenvalue weighted by atomic mass is 10.0. The van der Waals surface area contributed by atoms with Gasteiger partial charge in [0.05, 0.1) is 11.6 Å². The average molecular weight is 304 g/mol. The lowest BCUT2D eigenvalue weighted by Gasteiger charge is -2.15. The van der Waals surface area contributed by atoms with E-state index in [0.29, 0.717) is 22.2 Å². The van der Waals surface area contributed by atoms with Crippen LogP contribution >= 0.6 is 15.9 Å². The van der Waals surface area contributed by atoms with Gasteiger partial charge >= 0.3 is 0 Å². The molecule has 1 heterocycles. The van der Waals surface area contributed by atoms with Crippen molar-refractivity contribution >= 4 is 15.9 Å². The van der Waals surface area contributed by atoms with Gasteiger partial charge in [-0.05, 0) is 41.7 Å². The third-order valence-electron chi connectivity index (χ3n) is 3.08. The number of aromatic hydroxyl groups is 1. The normalized spacial score (nSPS) is 19.6. The van der Waals surface area contributed by atoms with E-state index in [9.17, 15) is 9.50 Å². The van der Waals surface area contributed by atoms with Crippen LogP contribution in [0.15, 0.2) is 10.5 Å². The Morgan fingerprint density at radius 3 is 3.00 bits per heavy atom. The molecule has 1 aromatic carbocycles. The van der Waals surface area contributed by atoms with Gasteiger partial charge in [0.1, 0.15) is 5.82 Å². The number of rotatable bonds is 3. The summed E-state index contributed by atoms with van der Waals surface area (Å²) in [6, 6.07) is 1.67. The SMILES string of the molecule is COc1cc(Br)c(F)c(CC2CCCN2)c1O.